The SMILES string of the molecule is O=C1/C(=C/c2ccc(-c3ccc([N+](=O)[O-])cc3)o2)C=C(c2ccccc2)N1c1ccccc1. The van der Waals surface area contributed by atoms with Gasteiger partial charge in [-0.2, -0.15) is 0 Å². The molecule has 0 N–H and O–H groups in total. The third-order valence-corrected chi connectivity index (χ3v) is 5.35. The van der Waals surface area contributed by atoms with Crippen LogP contribution in [0.4, 0.5) is 11.4 Å². The highest BCUT2D eigenvalue weighted by atomic mass is 16.6. The number of furan rings is 1. The van der Waals surface area contributed by atoms with E-state index in [9.17, 15) is 14.9 Å². The third kappa shape index (κ3) is 3.97. The number of benzene rings is 3. The first kappa shape index (κ1) is 20.2. The summed E-state index contributed by atoms with van der Waals surface area (Å²) in [6.45, 7) is 0. The first-order valence-electron chi connectivity index (χ1n) is 10.3. The molecule has 1 amide bonds. The van der Waals surface area contributed by atoms with E-state index in [2.05, 4.69) is 0 Å². The lowest BCUT2D eigenvalue weighted by Crippen LogP contribution is -2.24. The minimum atomic E-state index is -0.442. The topological polar surface area (TPSA) is 76.6 Å². The molecular formula is C27H18N2O4. The van der Waals surface area contributed by atoms with E-state index in [4.69, 9.17) is 4.42 Å². The van der Waals surface area contributed by atoms with Crippen molar-refractivity contribution in [3.63, 3.8) is 0 Å². The van der Waals surface area contributed by atoms with Crippen molar-refractivity contribution in [2.45, 2.75) is 0 Å². The highest BCUT2D eigenvalue weighted by Crippen LogP contribution is 2.35. The van der Waals surface area contributed by atoms with Gasteiger partial charge in [0.25, 0.3) is 11.6 Å². The molecule has 5 rings (SSSR count). The number of rotatable bonds is 5. The number of carbonyl (C=O) groups excluding carboxylic acids is 1. The van der Waals surface area contributed by atoms with Crippen LogP contribution in [0.2, 0.25) is 0 Å². The molecule has 0 saturated heterocycles. The highest BCUT2D eigenvalue weighted by molar-refractivity contribution is 6.23. The summed E-state index contributed by atoms with van der Waals surface area (Å²) >= 11 is 0. The first-order chi connectivity index (χ1) is 16.1. The average molecular weight is 434 g/mol. The normalized spacial score (nSPS) is 14.5. The number of carbonyl (C=O) groups is 1. The minimum absolute atomic E-state index is 0.0174. The van der Waals surface area contributed by atoms with Gasteiger partial charge < -0.3 is 4.42 Å². The van der Waals surface area contributed by atoms with Crippen LogP contribution < -0.4 is 4.90 Å². The Balaban J connectivity index is 1.50. The van der Waals surface area contributed by atoms with Gasteiger partial charge in [-0.25, -0.2) is 0 Å². The zero-order chi connectivity index (χ0) is 22.8. The Morgan fingerprint density at radius 2 is 1.45 bits per heavy atom. The molecule has 0 saturated carbocycles. The van der Waals surface area contributed by atoms with Crippen LogP contribution >= 0.6 is 0 Å². The van der Waals surface area contributed by atoms with Gasteiger partial charge in [-0.15, -0.1) is 0 Å². The number of anilines is 1. The maximum Gasteiger partial charge on any atom is 0.269 e. The molecule has 3 aromatic carbocycles. The molecule has 0 fully saturated rings. The number of hydrogen-bond donors (Lipinski definition) is 0. The smallest absolute Gasteiger partial charge is 0.269 e. The molecule has 1 aromatic heterocycles. The average Bonchev–Trinajstić information content (AvgIpc) is 3.45. The molecule has 0 bridgehead atoms. The number of non-ortho nitro benzene ring substituents is 1. The van der Waals surface area contributed by atoms with E-state index >= 15 is 0 Å². The molecular weight excluding hydrogens is 416 g/mol. The van der Waals surface area contributed by atoms with Crippen molar-refractivity contribution in [3.8, 4) is 11.3 Å². The highest BCUT2D eigenvalue weighted by Gasteiger charge is 2.30. The van der Waals surface area contributed by atoms with Crippen LogP contribution in [0.1, 0.15) is 11.3 Å². The van der Waals surface area contributed by atoms with E-state index in [1.165, 1.54) is 12.1 Å². The monoisotopic (exact) mass is 434 g/mol. The largest absolute Gasteiger partial charge is 0.457 e. The van der Waals surface area contributed by atoms with Crippen molar-refractivity contribution in [2.75, 3.05) is 4.90 Å². The van der Waals surface area contributed by atoms with E-state index < -0.39 is 4.92 Å². The molecule has 0 spiro atoms. The second-order valence-corrected chi connectivity index (χ2v) is 7.48. The summed E-state index contributed by atoms with van der Waals surface area (Å²) in [4.78, 5) is 25.5. The Labute approximate surface area is 189 Å². The van der Waals surface area contributed by atoms with Crippen LogP contribution in [-0.4, -0.2) is 10.8 Å². The number of hydrogen-bond acceptors (Lipinski definition) is 4. The number of nitro benzene ring substituents is 1. The van der Waals surface area contributed by atoms with Gasteiger partial charge >= 0.3 is 0 Å². The number of nitro groups is 1. The Bertz CT molecular complexity index is 1390. The Morgan fingerprint density at radius 3 is 2.12 bits per heavy atom. The van der Waals surface area contributed by atoms with Crippen LogP contribution in [-0.2, 0) is 4.79 Å². The zero-order valence-electron chi connectivity index (χ0n) is 17.4. The Kier molecular flexibility index (Phi) is 5.16. The summed E-state index contributed by atoms with van der Waals surface area (Å²) in [5, 5.41) is 10.9. The third-order valence-electron chi connectivity index (χ3n) is 5.35. The Morgan fingerprint density at radius 1 is 0.788 bits per heavy atom. The molecule has 0 aliphatic carbocycles. The van der Waals surface area contributed by atoms with Gasteiger partial charge in [0.05, 0.1) is 10.6 Å². The van der Waals surface area contributed by atoms with Crippen molar-refractivity contribution in [2.24, 2.45) is 0 Å². The fourth-order valence-electron chi connectivity index (χ4n) is 3.76. The quantitative estimate of drug-likeness (QED) is 0.209. The number of para-hydroxylation sites is 1. The fourth-order valence-corrected chi connectivity index (χ4v) is 3.76. The van der Waals surface area contributed by atoms with Crippen molar-refractivity contribution in [3.05, 3.63) is 130 Å². The van der Waals surface area contributed by atoms with Crippen LogP contribution in [0, 0.1) is 10.1 Å². The van der Waals surface area contributed by atoms with Gasteiger partial charge in [0.15, 0.2) is 0 Å². The fraction of sp³-hybridized carbons (Fsp3) is 0. The zero-order valence-corrected chi connectivity index (χ0v) is 17.4. The molecule has 33 heavy (non-hydrogen) atoms. The minimum Gasteiger partial charge on any atom is -0.457 e. The van der Waals surface area contributed by atoms with E-state index in [1.807, 2.05) is 66.7 Å². The van der Waals surface area contributed by atoms with Crippen LogP contribution in [0.15, 0.2) is 113 Å². The second-order valence-electron chi connectivity index (χ2n) is 7.48. The van der Waals surface area contributed by atoms with Crippen LogP contribution in [0.3, 0.4) is 0 Å². The lowest BCUT2D eigenvalue weighted by molar-refractivity contribution is -0.384. The number of amides is 1. The standard InChI is InChI=1S/C27H18N2O4/c30-27-21(17-24-15-16-26(33-24)20-11-13-23(14-12-20)29(31)32)18-25(19-7-3-1-4-8-19)28(27)22-9-5-2-6-10-22/h1-18H/b21-17+. The number of nitrogens with zero attached hydrogens (tertiary/aromatic N) is 2. The van der Waals surface area contributed by atoms with Crippen molar-refractivity contribution in [1.82, 2.24) is 0 Å². The van der Waals surface area contributed by atoms with Gasteiger partial charge in [-0.05, 0) is 54.1 Å². The lowest BCUT2D eigenvalue weighted by Gasteiger charge is -2.20. The van der Waals surface area contributed by atoms with Gasteiger partial charge in [-0.1, -0.05) is 48.5 Å². The van der Waals surface area contributed by atoms with Gasteiger partial charge in [0, 0.05) is 29.0 Å². The Hall–Kier alpha value is -4.71. The predicted octanol–water partition coefficient (Wildman–Crippen LogP) is 6.33. The first-order valence-corrected chi connectivity index (χ1v) is 10.3. The maximum atomic E-state index is 13.4. The van der Waals surface area contributed by atoms with Crippen molar-refractivity contribution < 1.29 is 14.1 Å². The van der Waals surface area contributed by atoms with E-state index in [1.54, 1.807) is 35.2 Å². The summed E-state index contributed by atoms with van der Waals surface area (Å²) in [6.07, 6.45) is 3.57. The van der Waals surface area contributed by atoms with Gasteiger partial charge in [0.1, 0.15) is 11.5 Å². The van der Waals surface area contributed by atoms with E-state index in [0.717, 1.165) is 22.5 Å². The molecule has 160 valence electrons. The summed E-state index contributed by atoms with van der Waals surface area (Å²) in [6, 6.07) is 29.0. The van der Waals surface area contributed by atoms with Crippen molar-refractivity contribution >= 4 is 29.1 Å². The molecule has 1 aliphatic heterocycles. The second kappa shape index (κ2) is 8.43. The molecule has 2 heterocycles. The summed E-state index contributed by atoms with van der Waals surface area (Å²) < 4.78 is 5.92. The van der Waals surface area contributed by atoms with E-state index in [0.29, 0.717) is 17.1 Å². The summed E-state index contributed by atoms with van der Waals surface area (Å²) in [7, 11) is 0. The molecule has 6 nitrogen and oxygen atoms in total. The van der Waals surface area contributed by atoms with Crippen LogP contribution in [0.5, 0.6) is 0 Å². The summed E-state index contributed by atoms with van der Waals surface area (Å²) in [5.41, 5.74) is 3.75. The maximum absolute atomic E-state index is 13.4. The lowest BCUT2D eigenvalue weighted by atomic mass is 10.1. The molecule has 0 atom stereocenters. The summed E-state index contributed by atoms with van der Waals surface area (Å²) in [5.74, 6) is 0.938. The van der Waals surface area contributed by atoms with Gasteiger partial charge in [0.2, 0.25) is 0 Å². The molecule has 1 aliphatic rings. The predicted molar refractivity (Wildman–Crippen MR) is 127 cm³/mol. The van der Waals surface area contributed by atoms with Gasteiger partial charge in [-0.3, -0.25) is 19.8 Å². The van der Waals surface area contributed by atoms with Crippen molar-refractivity contribution in [1.29, 1.82) is 0 Å². The molecule has 0 radical (unpaired) electrons. The van der Waals surface area contributed by atoms with E-state index in [-0.39, 0.29) is 11.6 Å². The molecule has 4 aromatic rings. The molecule has 0 unspecified atom stereocenters. The van der Waals surface area contributed by atoms with Crippen LogP contribution in [0.25, 0.3) is 23.1 Å². The molecule has 6 heteroatoms.